The molecule has 4 nitrogen and oxygen atoms in total. The molecular weight excluding hydrogens is 135 g/mol. The molecule has 2 atom stereocenters. The van der Waals surface area contributed by atoms with Crippen LogP contribution in [0.25, 0.3) is 0 Å². The van der Waals surface area contributed by atoms with Crippen molar-refractivity contribution in [3.63, 3.8) is 0 Å². The zero-order chi connectivity index (χ0) is 6.15. The third-order valence-electron chi connectivity index (χ3n) is 0.995. The molecule has 1 aliphatic heterocycles. The van der Waals surface area contributed by atoms with Crippen molar-refractivity contribution in [3.05, 3.63) is 0 Å². The van der Waals surface area contributed by atoms with Gasteiger partial charge in [0.15, 0.2) is 0 Å². The molecule has 1 saturated heterocycles. The first-order valence-corrected chi connectivity index (χ1v) is 2.23. The Balaban J connectivity index is 0.000000640. The van der Waals surface area contributed by atoms with E-state index in [1.807, 2.05) is 0 Å². The number of ether oxygens (including phenoxy) is 1. The Hall–Kier alpha value is 0.390. The van der Waals surface area contributed by atoms with Crippen LogP contribution in [0.1, 0.15) is 0 Å². The average molecular weight is 140 g/mol. The van der Waals surface area contributed by atoms with E-state index in [0.29, 0.717) is 0 Å². The van der Waals surface area contributed by atoms with Crippen LogP contribution in [0.5, 0.6) is 0 Å². The van der Waals surface area contributed by atoms with E-state index in [-0.39, 0.29) is 36.2 Å². The minimum atomic E-state index is -1.25. The fourth-order valence-electron chi connectivity index (χ4n) is 0.489. The van der Waals surface area contributed by atoms with Crippen LogP contribution in [0.2, 0.25) is 0 Å². The van der Waals surface area contributed by atoms with Gasteiger partial charge in [-0.1, -0.05) is 0 Å². The van der Waals surface area contributed by atoms with Gasteiger partial charge in [0.25, 0.3) is 0 Å². The van der Waals surface area contributed by atoms with Crippen molar-refractivity contribution in [2.75, 3.05) is 6.61 Å². The van der Waals surface area contributed by atoms with Crippen molar-refractivity contribution >= 4 is 5.97 Å². The molecule has 1 heterocycles. The second-order valence-corrected chi connectivity index (χ2v) is 1.60. The zero-order valence-electron chi connectivity index (χ0n) is 5.03. The van der Waals surface area contributed by atoms with E-state index in [0.717, 1.165) is 0 Å². The summed E-state index contributed by atoms with van der Waals surface area (Å²) in [6.07, 6.45) is -1.38. The van der Waals surface area contributed by atoms with E-state index in [9.17, 15) is 9.90 Å². The number of carbonyl (C=O) groups is 1. The van der Waals surface area contributed by atoms with Crippen molar-refractivity contribution in [2.24, 2.45) is 0 Å². The van der Waals surface area contributed by atoms with E-state index in [4.69, 9.17) is 5.11 Å². The Labute approximate surface area is 74.1 Å². The molecular formula is C4H5NaO4. The second kappa shape index (κ2) is 3.53. The average Bonchev–Trinajstić information content (AvgIpc) is 2.42. The van der Waals surface area contributed by atoms with Gasteiger partial charge >= 0.3 is 29.6 Å². The largest absolute Gasteiger partial charge is 1.00 e. The number of hydrogen-bond donors (Lipinski definition) is 1. The number of carboxylic acid groups (broad SMARTS) is 1. The molecule has 9 heavy (non-hydrogen) atoms. The van der Waals surface area contributed by atoms with E-state index < -0.39 is 18.2 Å². The summed E-state index contributed by atoms with van der Waals surface area (Å²) in [5.41, 5.74) is 0. The summed E-state index contributed by atoms with van der Waals surface area (Å²) in [5, 5.41) is 18.0. The Bertz CT molecular complexity index is 115. The SMILES string of the molecule is O=C([O-])[C@H]1O[C@@H]1CO.[Na+]. The topological polar surface area (TPSA) is 72.9 Å². The van der Waals surface area contributed by atoms with Gasteiger partial charge in [-0.15, -0.1) is 0 Å². The summed E-state index contributed by atoms with van der Waals surface area (Å²) < 4.78 is 4.42. The van der Waals surface area contributed by atoms with Crippen LogP contribution in [-0.4, -0.2) is 29.9 Å². The molecule has 0 aromatic rings. The van der Waals surface area contributed by atoms with Gasteiger partial charge in [0, 0.05) is 0 Å². The third-order valence-corrected chi connectivity index (χ3v) is 0.995. The van der Waals surface area contributed by atoms with Gasteiger partial charge in [-0.25, -0.2) is 0 Å². The van der Waals surface area contributed by atoms with Crippen LogP contribution in [-0.2, 0) is 9.53 Å². The zero-order valence-corrected chi connectivity index (χ0v) is 7.03. The van der Waals surface area contributed by atoms with Crippen molar-refractivity contribution in [1.82, 2.24) is 0 Å². The fraction of sp³-hybridized carbons (Fsp3) is 0.750. The molecule has 1 N–H and O–H groups in total. The fourth-order valence-corrected chi connectivity index (χ4v) is 0.489. The molecule has 0 radical (unpaired) electrons. The molecule has 0 amide bonds. The normalized spacial score (nSPS) is 30.8. The number of aliphatic carboxylic acids is 1. The van der Waals surface area contributed by atoms with E-state index in [1.165, 1.54) is 0 Å². The molecule has 0 bridgehead atoms. The molecule has 1 fully saturated rings. The van der Waals surface area contributed by atoms with Gasteiger partial charge in [0.2, 0.25) is 0 Å². The first kappa shape index (κ1) is 9.39. The summed E-state index contributed by atoms with van der Waals surface area (Å²) in [6.45, 7) is -0.237. The summed E-state index contributed by atoms with van der Waals surface area (Å²) in [4.78, 5) is 9.78. The number of hydrogen-bond acceptors (Lipinski definition) is 4. The van der Waals surface area contributed by atoms with Crippen LogP contribution in [0.15, 0.2) is 0 Å². The molecule has 46 valence electrons. The van der Waals surface area contributed by atoms with Crippen molar-refractivity contribution in [1.29, 1.82) is 0 Å². The molecule has 0 aromatic carbocycles. The molecule has 0 unspecified atom stereocenters. The van der Waals surface area contributed by atoms with Crippen molar-refractivity contribution < 1.29 is 49.3 Å². The molecule has 0 spiro atoms. The quantitative estimate of drug-likeness (QED) is 0.307. The minimum Gasteiger partial charge on any atom is -0.547 e. The first-order valence-electron chi connectivity index (χ1n) is 2.23. The predicted molar refractivity (Wildman–Crippen MR) is 20.8 cm³/mol. The van der Waals surface area contributed by atoms with E-state index in [1.54, 1.807) is 0 Å². The van der Waals surface area contributed by atoms with E-state index in [2.05, 4.69) is 4.74 Å². The van der Waals surface area contributed by atoms with Gasteiger partial charge in [0.05, 0.1) is 12.6 Å². The maximum Gasteiger partial charge on any atom is 1.00 e. The van der Waals surface area contributed by atoms with Gasteiger partial charge < -0.3 is 19.7 Å². The maximum absolute atomic E-state index is 9.78. The van der Waals surface area contributed by atoms with Crippen LogP contribution >= 0.6 is 0 Å². The van der Waals surface area contributed by atoms with Gasteiger partial charge in [-0.3, -0.25) is 0 Å². The molecule has 0 aromatic heterocycles. The smallest absolute Gasteiger partial charge is 0.547 e. The monoisotopic (exact) mass is 140 g/mol. The van der Waals surface area contributed by atoms with E-state index >= 15 is 0 Å². The Morgan fingerprint density at radius 2 is 2.33 bits per heavy atom. The maximum atomic E-state index is 9.78. The molecule has 1 aliphatic rings. The van der Waals surface area contributed by atoms with Gasteiger partial charge in [-0.2, -0.15) is 0 Å². The molecule has 5 heteroatoms. The number of carbonyl (C=O) groups excluding carboxylic acids is 1. The Morgan fingerprint density at radius 1 is 1.78 bits per heavy atom. The van der Waals surface area contributed by atoms with Gasteiger partial charge in [-0.05, 0) is 0 Å². The summed E-state index contributed by atoms with van der Waals surface area (Å²) >= 11 is 0. The molecule has 0 saturated carbocycles. The van der Waals surface area contributed by atoms with Crippen molar-refractivity contribution in [2.45, 2.75) is 12.2 Å². The van der Waals surface area contributed by atoms with Gasteiger partial charge in [0.1, 0.15) is 12.2 Å². The summed E-state index contributed by atoms with van der Waals surface area (Å²) in [7, 11) is 0. The van der Waals surface area contributed by atoms with Crippen LogP contribution in [0.3, 0.4) is 0 Å². The number of epoxide rings is 1. The standard InChI is InChI=1S/C4H6O4.Na/c5-1-2-3(8-2)4(6)7;/h2-3,5H,1H2,(H,6,7);/q;+1/p-1/t2-,3+;/m1./s1. The second-order valence-electron chi connectivity index (χ2n) is 1.60. The Kier molecular flexibility index (Phi) is 3.68. The number of rotatable bonds is 2. The number of aliphatic hydroxyl groups excluding tert-OH is 1. The molecule has 1 rings (SSSR count). The first-order chi connectivity index (χ1) is 3.75. The summed E-state index contributed by atoms with van der Waals surface area (Å²) in [6, 6.07) is 0. The number of carboxylic acids is 1. The van der Waals surface area contributed by atoms with Crippen LogP contribution in [0, 0.1) is 0 Å². The number of aliphatic hydroxyl groups is 1. The summed E-state index contributed by atoms with van der Waals surface area (Å²) in [5.74, 6) is -1.25. The molecule has 0 aliphatic carbocycles. The Morgan fingerprint density at radius 3 is 2.44 bits per heavy atom. The van der Waals surface area contributed by atoms with Crippen LogP contribution in [0.4, 0.5) is 0 Å². The third kappa shape index (κ3) is 2.23. The van der Waals surface area contributed by atoms with Crippen molar-refractivity contribution in [3.8, 4) is 0 Å². The van der Waals surface area contributed by atoms with Crippen LogP contribution < -0.4 is 34.7 Å². The minimum absolute atomic E-state index is 0. The predicted octanol–water partition coefficient (Wildman–Crippen LogP) is -5.50.